The lowest BCUT2D eigenvalue weighted by Gasteiger charge is -2.19. The quantitative estimate of drug-likeness (QED) is 0.424. The van der Waals surface area contributed by atoms with Crippen LogP contribution in [0, 0.1) is 0 Å². The molecule has 1 aromatic heterocycles. The van der Waals surface area contributed by atoms with Gasteiger partial charge >= 0.3 is 0 Å². The maximum Gasteiger partial charge on any atom is 0.161 e. The second kappa shape index (κ2) is 7.21. The zero-order valence-electron chi connectivity index (χ0n) is 16.5. The van der Waals surface area contributed by atoms with E-state index in [1.54, 1.807) is 7.11 Å². The molecule has 0 bridgehead atoms. The number of ether oxygens (including phenoxy) is 3. The van der Waals surface area contributed by atoms with Gasteiger partial charge in [-0.2, -0.15) is 0 Å². The van der Waals surface area contributed by atoms with Crippen molar-refractivity contribution in [2.45, 2.75) is 13.3 Å². The third-order valence-electron chi connectivity index (χ3n) is 5.37. The van der Waals surface area contributed by atoms with Crippen molar-refractivity contribution in [2.24, 2.45) is 0 Å². The van der Waals surface area contributed by atoms with Gasteiger partial charge in [0.05, 0.1) is 7.11 Å². The summed E-state index contributed by atoms with van der Waals surface area (Å²) in [6.45, 7) is 3.33. The highest BCUT2D eigenvalue weighted by Gasteiger charge is 2.20. The van der Waals surface area contributed by atoms with Crippen LogP contribution >= 0.6 is 0 Å². The minimum absolute atomic E-state index is 0.578. The molecule has 0 unspecified atom stereocenters. The summed E-state index contributed by atoms with van der Waals surface area (Å²) < 4.78 is 23.1. The average molecular weight is 386 g/mol. The topological polar surface area (TPSA) is 40.8 Å². The van der Waals surface area contributed by atoms with E-state index < -0.39 is 0 Å². The first-order chi connectivity index (χ1) is 14.3. The molecule has 0 N–H and O–H groups in total. The molecule has 146 valence electrons. The van der Waals surface area contributed by atoms with E-state index in [4.69, 9.17) is 18.6 Å². The summed E-state index contributed by atoms with van der Waals surface area (Å²) in [6, 6.07) is 20.3. The summed E-state index contributed by atoms with van der Waals surface area (Å²) in [7, 11) is 1.67. The lowest BCUT2D eigenvalue weighted by atomic mass is 9.95. The molecule has 29 heavy (non-hydrogen) atoms. The normalized spacial score (nSPS) is 12.9. The number of methoxy groups -OCH3 is 1. The number of hydrogen-bond donors (Lipinski definition) is 0. The first kappa shape index (κ1) is 17.7. The lowest BCUT2D eigenvalue weighted by molar-refractivity contribution is 0.171. The van der Waals surface area contributed by atoms with Crippen LogP contribution < -0.4 is 14.2 Å². The molecule has 0 radical (unpaired) electrons. The predicted molar refractivity (Wildman–Crippen MR) is 114 cm³/mol. The van der Waals surface area contributed by atoms with Gasteiger partial charge in [0.1, 0.15) is 30.3 Å². The zero-order valence-corrected chi connectivity index (χ0v) is 16.5. The van der Waals surface area contributed by atoms with Crippen molar-refractivity contribution in [3.63, 3.8) is 0 Å². The Hall–Kier alpha value is -3.40. The molecule has 0 aliphatic carbocycles. The van der Waals surface area contributed by atoms with Gasteiger partial charge in [0.25, 0.3) is 0 Å². The molecule has 0 atom stereocenters. The molecular formula is C25H22O4. The van der Waals surface area contributed by atoms with Gasteiger partial charge in [0, 0.05) is 16.5 Å². The van der Waals surface area contributed by atoms with Gasteiger partial charge in [0.2, 0.25) is 0 Å². The van der Waals surface area contributed by atoms with Crippen LogP contribution in [-0.4, -0.2) is 20.3 Å². The second-order valence-electron chi connectivity index (χ2n) is 7.03. The van der Waals surface area contributed by atoms with E-state index in [2.05, 4.69) is 25.1 Å². The summed E-state index contributed by atoms with van der Waals surface area (Å²) in [6.07, 6.45) is 0.871. The maximum absolute atomic E-state index is 6.33. The molecule has 0 saturated heterocycles. The molecule has 0 spiro atoms. The lowest BCUT2D eigenvalue weighted by Crippen LogP contribution is -2.15. The highest BCUT2D eigenvalue weighted by Crippen LogP contribution is 2.42. The van der Waals surface area contributed by atoms with E-state index in [1.807, 2.05) is 42.5 Å². The predicted octanol–water partition coefficient (Wildman–Crippen LogP) is 6.11. The van der Waals surface area contributed by atoms with Gasteiger partial charge in [-0.3, -0.25) is 0 Å². The largest absolute Gasteiger partial charge is 0.497 e. The Morgan fingerprint density at radius 2 is 1.62 bits per heavy atom. The van der Waals surface area contributed by atoms with E-state index in [9.17, 15) is 0 Å². The van der Waals surface area contributed by atoms with Gasteiger partial charge in [-0.15, -0.1) is 0 Å². The molecule has 4 aromatic rings. The fourth-order valence-electron chi connectivity index (χ4n) is 3.98. The second-order valence-corrected chi connectivity index (χ2v) is 7.03. The van der Waals surface area contributed by atoms with Crippen LogP contribution in [0.3, 0.4) is 0 Å². The van der Waals surface area contributed by atoms with Crippen LogP contribution in [0.25, 0.3) is 33.4 Å². The highest BCUT2D eigenvalue weighted by molar-refractivity contribution is 6.00. The van der Waals surface area contributed by atoms with Crippen LogP contribution in [0.1, 0.15) is 12.5 Å². The van der Waals surface area contributed by atoms with Crippen LogP contribution in [0.4, 0.5) is 0 Å². The van der Waals surface area contributed by atoms with Crippen molar-refractivity contribution in [3.8, 4) is 39.7 Å². The molecule has 3 aromatic carbocycles. The zero-order chi connectivity index (χ0) is 19.8. The average Bonchev–Trinajstić information content (AvgIpc) is 3.17. The Kier molecular flexibility index (Phi) is 4.39. The Bertz CT molecular complexity index is 1170. The van der Waals surface area contributed by atoms with Gasteiger partial charge in [0.15, 0.2) is 11.5 Å². The standard InChI is InChI=1S/C25H22O4/c1-3-19-24-20(17-9-12-21-23(15-17)28-14-13-27-21)5-4-6-22(24)29-25(19)16-7-10-18(26-2)11-8-16/h4-12,15H,3,13-14H2,1-2H3. The van der Waals surface area contributed by atoms with Gasteiger partial charge in [-0.25, -0.2) is 0 Å². The van der Waals surface area contributed by atoms with Crippen molar-refractivity contribution in [1.29, 1.82) is 0 Å². The SMILES string of the molecule is CCc1c(-c2ccc(OC)cc2)oc2cccc(-c3ccc4c(c3)OCCO4)c12. The van der Waals surface area contributed by atoms with Crippen molar-refractivity contribution >= 4 is 11.0 Å². The summed E-state index contributed by atoms with van der Waals surface area (Å²) in [5.74, 6) is 3.34. The molecular weight excluding hydrogens is 364 g/mol. The Morgan fingerprint density at radius 1 is 0.862 bits per heavy atom. The fourth-order valence-corrected chi connectivity index (χ4v) is 3.98. The number of aryl methyl sites for hydroxylation is 1. The molecule has 0 amide bonds. The third kappa shape index (κ3) is 3.01. The Balaban J connectivity index is 1.68. The summed E-state index contributed by atoms with van der Waals surface area (Å²) in [4.78, 5) is 0. The fraction of sp³-hybridized carbons (Fsp3) is 0.200. The number of rotatable bonds is 4. The van der Waals surface area contributed by atoms with E-state index in [0.717, 1.165) is 57.1 Å². The van der Waals surface area contributed by atoms with Crippen LogP contribution in [0.15, 0.2) is 65.1 Å². The third-order valence-corrected chi connectivity index (χ3v) is 5.37. The molecule has 2 heterocycles. The molecule has 0 fully saturated rings. The van der Waals surface area contributed by atoms with Crippen molar-refractivity contribution < 1.29 is 18.6 Å². The highest BCUT2D eigenvalue weighted by atomic mass is 16.6. The van der Waals surface area contributed by atoms with Gasteiger partial charge in [-0.1, -0.05) is 25.1 Å². The maximum atomic E-state index is 6.33. The summed E-state index contributed by atoms with van der Waals surface area (Å²) in [5, 5.41) is 1.15. The minimum atomic E-state index is 0.578. The van der Waals surface area contributed by atoms with Crippen molar-refractivity contribution in [2.75, 3.05) is 20.3 Å². The molecule has 1 aliphatic rings. The number of furan rings is 1. The van der Waals surface area contributed by atoms with E-state index in [-0.39, 0.29) is 0 Å². The van der Waals surface area contributed by atoms with Crippen molar-refractivity contribution in [1.82, 2.24) is 0 Å². The molecule has 4 heteroatoms. The number of fused-ring (bicyclic) bond motifs is 2. The molecule has 4 nitrogen and oxygen atoms in total. The van der Waals surface area contributed by atoms with Crippen LogP contribution in [-0.2, 0) is 6.42 Å². The van der Waals surface area contributed by atoms with Gasteiger partial charge < -0.3 is 18.6 Å². The molecule has 1 aliphatic heterocycles. The summed E-state index contributed by atoms with van der Waals surface area (Å²) >= 11 is 0. The monoisotopic (exact) mass is 386 g/mol. The molecule has 5 rings (SSSR count). The van der Waals surface area contributed by atoms with Gasteiger partial charge in [-0.05, 0) is 60.0 Å². The smallest absolute Gasteiger partial charge is 0.161 e. The Morgan fingerprint density at radius 3 is 2.38 bits per heavy atom. The van der Waals surface area contributed by atoms with Crippen LogP contribution in [0.2, 0.25) is 0 Å². The number of hydrogen-bond acceptors (Lipinski definition) is 4. The number of benzene rings is 3. The van der Waals surface area contributed by atoms with E-state index in [0.29, 0.717) is 13.2 Å². The van der Waals surface area contributed by atoms with Crippen molar-refractivity contribution in [3.05, 3.63) is 66.2 Å². The Labute approximate surface area is 169 Å². The summed E-state index contributed by atoms with van der Waals surface area (Å²) in [5.41, 5.74) is 5.37. The first-order valence-corrected chi connectivity index (χ1v) is 9.87. The molecule has 0 saturated carbocycles. The van der Waals surface area contributed by atoms with E-state index in [1.165, 1.54) is 5.56 Å². The first-order valence-electron chi connectivity index (χ1n) is 9.87. The minimum Gasteiger partial charge on any atom is -0.497 e. The van der Waals surface area contributed by atoms with Crippen LogP contribution in [0.5, 0.6) is 17.2 Å². The van der Waals surface area contributed by atoms with E-state index >= 15 is 0 Å².